The van der Waals surface area contributed by atoms with Gasteiger partial charge in [-0.05, 0) is 30.0 Å². The van der Waals surface area contributed by atoms with Crippen LogP contribution in [0.4, 0.5) is 5.69 Å². The summed E-state index contributed by atoms with van der Waals surface area (Å²) in [4.78, 5) is 0. The number of benzene rings is 1. The average Bonchev–Trinajstić information content (AvgIpc) is 2.16. The highest BCUT2D eigenvalue weighted by atomic mass is 35.5. The van der Waals surface area contributed by atoms with E-state index in [4.69, 9.17) is 11.6 Å². The van der Waals surface area contributed by atoms with Crippen LogP contribution in [0.25, 0.3) is 0 Å². The van der Waals surface area contributed by atoms with E-state index in [1.54, 1.807) is 0 Å². The fourth-order valence-corrected chi connectivity index (χ4v) is 1.84. The number of hydrogen-bond acceptors (Lipinski definition) is 1. The van der Waals surface area contributed by atoms with Crippen molar-refractivity contribution in [1.82, 2.24) is 0 Å². The lowest BCUT2D eigenvalue weighted by Crippen LogP contribution is -1.97. The first-order valence-corrected chi connectivity index (χ1v) is 5.09. The van der Waals surface area contributed by atoms with Gasteiger partial charge < -0.3 is 5.32 Å². The van der Waals surface area contributed by atoms with Crippen LogP contribution in [-0.4, -0.2) is 7.05 Å². The smallest absolute Gasteiger partial charge is 0.0642 e. The van der Waals surface area contributed by atoms with Crippen LogP contribution >= 0.6 is 11.6 Å². The number of hydrogen-bond donors (Lipinski definition) is 1. The summed E-state index contributed by atoms with van der Waals surface area (Å²) in [6.07, 6.45) is 2.06. The van der Waals surface area contributed by atoms with Gasteiger partial charge in [0.1, 0.15) is 0 Å². The molecular formula is C11H16ClN. The predicted molar refractivity (Wildman–Crippen MR) is 59.8 cm³/mol. The lowest BCUT2D eigenvalue weighted by atomic mass is 10.0. The van der Waals surface area contributed by atoms with E-state index in [2.05, 4.69) is 25.2 Å². The van der Waals surface area contributed by atoms with Gasteiger partial charge in [-0.25, -0.2) is 0 Å². The molecule has 0 heterocycles. The summed E-state index contributed by atoms with van der Waals surface area (Å²) in [7, 11) is 1.91. The molecule has 0 aliphatic carbocycles. The van der Waals surface area contributed by atoms with Crippen molar-refractivity contribution < 1.29 is 0 Å². The Morgan fingerprint density at radius 3 is 2.38 bits per heavy atom. The molecule has 0 unspecified atom stereocenters. The van der Waals surface area contributed by atoms with E-state index in [9.17, 15) is 0 Å². The second-order valence-corrected chi connectivity index (χ2v) is 3.48. The van der Waals surface area contributed by atoms with Crippen LogP contribution in [0.15, 0.2) is 12.1 Å². The second-order valence-electron chi connectivity index (χ2n) is 3.07. The maximum Gasteiger partial charge on any atom is 0.0642 e. The van der Waals surface area contributed by atoms with Gasteiger partial charge in [0.25, 0.3) is 0 Å². The van der Waals surface area contributed by atoms with Crippen LogP contribution in [0, 0.1) is 0 Å². The Bertz CT molecular complexity index is 294. The summed E-state index contributed by atoms with van der Waals surface area (Å²) < 4.78 is 0. The van der Waals surface area contributed by atoms with Gasteiger partial charge >= 0.3 is 0 Å². The molecule has 0 fully saturated rings. The van der Waals surface area contributed by atoms with Crippen molar-refractivity contribution in [1.29, 1.82) is 0 Å². The van der Waals surface area contributed by atoms with E-state index < -0.39 is 0 Å². The predicted octanol–water partition coefficient (Wildman–Crippen LogP) is 3.51. The standard InChI is InChI=1S/C11H16ClN/c1-4-8-6-9(5-2)11(13-3)10(12)7-8/h6-7,13H,4-5H2,1-3H3. The Morgan fingerprint density at radius 1 is 1.23 bits per heavy atom. The minimum Gasteiger partial charge on any atom is -0.387 e. The van der Waals surface area contributed by atoms with Gasteiger partial charge in [-0.3, -0.25) is 0 Å². The minimum atomic E-state index is 0.832. The summed E-state index contributed by atoms with van der Waals surface area (Å²) in [5, 5.41) is 3.97. The lowest BCUT2D eigenvalue weighted by molar-refractivity contribution is 1.09. The maximum absolute atomic E-state index is 6.13. The van der Waals surface area contributed by atoms with E-state index in [1.807, 2.05) is 13.1 Å². The molecule has 1 nitrogen and oxygen atoms in total. The van der Waals surface area contributed by atoms with Gasteiger partial charge in [0.2, 0.25) is 0 Å². The Morgan fingerprint density at radius 2 is 1.92 bits per heavy atom. The van der Waals surface area contributed by atoms with Crippen molar-refractivity contribution in [3.63, 3.8) is 0 Å². The Hall–Kier alpha value is -0.690. The largest absolute Gasteiger partial charge is 0.387 e. The normalized spacial score (nSPS) is 10.2. The third-order valence-electron chi connectivity index (χ3n) is 2.27. The van der Waals surface area contributed by atoms with Crippen LogP contribution in [0.2, 0.25) is 5.02 Å². The molecule has 0 amide bonds. The summed E-state index contributed by atoms with van der Waals surface area (Å²) in [6, 6.07) is 4.25. The molecule has 0 aromatic heterocycles. The van der Waals surface area contributed by atoms with Crippen LogP contribution in [0.1, 0.15) is 25.0 Å². The van der Waals surface area contributed by atoms with E-state index >= 15 is 0 Å². The first kappa shape index (κ1) is 10.4. The zero-order valence-corrected chi connectivity index (χ0v) is 9.20. The molecule has 1 aromatic carbocycles. The summed E-state index contributed by atoms with van der Waals surface area (Å²) in [5.41, 5.74) is 3.68. The first-order chi connectivity index (χ1) is 6.22. The van der Waals surface area contributed by atoms with Crippen molar-refractivity contribution in [2.24, 2.45) is 0 Å². The monoisotopic (exact) mass is 197 g/mol. The maximum atomic E-state index is 6.13. The van der Waals surface area contributed by atoms with E-state index in [0.29, 0.717) is 0 Å². The molecule has 13 heavy (non-hydrogen) atoms. The third kappa shape index (κ3) is 2.16. The van der Waals surface area contributed by atoms with Gasteiger partial charge in [-0.15, -0.1) is 0 Å². The van der Waals surface area contributed by atoms with Gasteiger partial charge in [0.05, 0.1) is 10.7 Å². The highest BCUT2D eigenvalue weighted by Crippen LogP contribution is 2.28. The van der Waals surface area contributed by atoms with Crippen LogP contribution < -0.4 is 5.32 Å². The van der Waals surface area contributed by atoms with Gasteiger partial charge in [-0.2, -0.15) is 0 Å². The molecule has 72 valence electrons. The Kier molecular flexibility index (Phi) is 3.61. The summed E-state index contributed by atoms with van der Waals surface area (Å²) in [5.74, 6) is 0. The SMILES string of the molecule is CCc1cc(Cl)c(NC)c(CC)c1. The molecule has 0 saturated carbocycles. The van der Waals surface area contributed by atoms with Gasteiger partial charge in [-0.1, -0.05) is 31.5 Å². The number of aryl methyl sites for hydroxylation is 2. The molecule has 2 heteroatoms. The number of rotatable bonds is 3. The third-order valence-corrected chi connectivity index (χ3v) is 2.57. The highest BCUT2D eigenvalue weighted by molar-refractivity contribution is 6.33. The van der Waals surface area contributed by atoms with Crippen molar-refractivity contribution >= 4 is 17.3 Å². The van der Waals surface area contributed by atoms with Crippen molar-refractivity contribution in [2.45, 2.75) is 26.7 Å². The highest BCUT2D eigenvalue weighted by Gasteiger charge is 2.05. The van der Waals surface area contributed by atoms with E-state index in [1.165, 1.54) is 11.1 Å². The second kappa shape index (κ2) is 4.52. The first-order valence-electron chi connectivity index (χ1n) is 4.72. The number of halogens is 1. The molecular weight excluding hydrogens is 182 g/mol. The molecule has 0 aliphatic rings. The zero-order chi connectivity index (χ0) is 9.84. The summed E-state index contributed by atoms with van der Waals surface area (Å²) in [6.45, 7) is 4.29. The molecule has 0 saturated heterocycles. The molecule has 0 radical (unpaired) electrons. The van der Waals surface area contributed by atoms with Crippen LogP contribution in [0.3, 0.4) is 0 Å². The van der Waals surface area contributed by atoms with Gasteiger partial charge in [0.15, 0.2) is 0 Å². The quantitative estimate of drug-likeness (QED) is 0.782. The minimum absolute atomic E-state index is 0.832. The molecule has 0 aliphatic heterocycles. The molecule has 1 rings (SSSR count). The summed E-state index contributed by atoms with van der Waals surface area (Å²) >= 11 is 6.13. The number of anilines is 1. The van der Waals surface area contributed by atoms with E-state index in [-0.39, 0.29) is 0 Å². The lowest BCUT2D eigenvalue weighted by Gasteiger charge is -2.11. The Balaban J connectivity index is 3.20. The molecule has 0 atom stereocenters. The average molecular weight is 198 g/mol. The Labute approximate surface area is 85.1 Å². The molecule has 1 aromatic rings. The van der Waals surface area contributed by atoms with Gasteiger partial charge in [0, 0.05) is 7.05 Å². The fraction of sp³-hybridized carbons (Fsp3) is 0.455. The van der Waals surface area contributed by atoms with Crippen LogP contribution in [-0.2, 0) is 12.8 Å². The van der Waals surface area contributed by atoms with Crippen molar-refractivity contribution in [2.75, 3.05) is 12.4 Å². The van der Waals surface area contributed by atoms with E-state index in [0.717, 1.165) is 23.6 Å². The zero-order valence-electron chi connectivity index (χ0n) is 8.45. The van der Waals surface area contributed by atoms with Crippen molar-refractivity contribution in [3.05, 3.63) is 28.3 Å². The molecule has 0 bridgehead atoms. The molecule has 0 spiro atoms. The topological polar surface area (TPSA) is 12.0 Å². The van der Waals surface area contributed by atoms with Crippen LogP contribution in [0.5, 0.6) is 0 Å². The number of nitrogens with one attached hydrogen (secondary N) is 1. The molecule has 1 N–H and O–H groups in total. The fourth-order valence-electron chi connectivity index (χ4n) is 1.49. The van der Waals surface area contributed by atoms with Crippen molar-refractivity contribution in [3.8, 4) is 0 Å².